The first-order valence-corrected chi connectivity index (χ1v) is 8.36. The smallest absolute Gasteiger partial charge is 0.237 e. The third-order valence-electron chi connectivity index (χ3n) is 4.40. The van der Waals surface area contributed by atoms with E-state index in [1.807, 2.05) is 26.0 Å². The normalized spacial score (nSPS) is 21.7. The molecule has 1 aromatic rings. The molecule has 2 rings (SSSR count). The third-order valence-corrected chi connectivity index (χ3v) is 4.40. The Labute approximate surface area is 139 Å². The summed E-state index contributed by atoms with van der Waals surface area (Å²) in [7, 11) is 2.09. The summed E-state index contributed by atoms with van der Waals surface area (Å²) in [6, 6.07) is 7.91. The van der Waals surface area contributed by atoms with Gasteiger partial charge in [0, 0.05) is 19.6 Å². The highest BCUT2D eigenvalue weighted by molar-refractivity contribution is 5.81. The number of benzene rings is 1. The largest absolute Gasteiger partial charge is 0.374 e. The summed E-state index contributed by atoms with van der Waals surface area (Å²) < 4.78 is 5.71. The maximum Gasteiger partial charge on any atom is 0.237 e. The lowest BCUT2D eigenvalue weighted by Gasteiger charge is -2.31. The summed E-state index contributed by atoms with van der Waals surface area (Å²) in [6.45, 7) is 9.31. The molecule has 1 amide bonds. The van der Waals surface area contributed by atoms with Crippen LogP contribution >= 0.6 is 0 Å². The predicted molar refractivity (Wildman–Crippen MR) is 92.4 cm³/mol. The fraction of sp³-hybridized carbons (Fsp3) is 0.611. The van der Waals surface area contributed by atoms with E-state index in [1.54, 1.807) is 0 Å². The van der Waals surface area contributed by atoms with Gasteiger partial charge < -0.3 is 20.3 Å². The second-order valence-electron chi connectivity index (χ2n) is 6.47. The number of hydrogen-bond acceptors (Lipinski definition) is 4. The van der Waals surface area contributed by atoms with Crippen molar-refractivity contribution in [2.75, 3.05) is 33.3 Å². The summed E-state index contributed by atoms with van der Waals surface area (Å²) in [4.78, 5) is 14.6. The van der Waals surface area contributed by atoms with E-state index >= 15 is 0 Å². The molecule has 0 bridgehead atoms. The Balaban J connectivity index is 1.79. The number of ether oxygens (including phenoxy) is 1. The zero-order valence-electron chi connectivity index (χ0n) is 14.6. The zero-order valence-corrected chi connectivity index (χ0v) is 14.6. The van der Waals surface area contributed by atoms with Crippen molar-refractivity contribution in [2.45, 2.75) is 39.0 Å². The molecule has 128 valence electrons. The second kappa shape index (κ2) is 8.43. The van der Waals surface area contributed by atoms with Crippen LogP contribution in [0.4, 0.5) is 0 Å². The van der Waals surface area contributed by atoms with Crippen molar-refractivity contribution in [1.29, 1.82) is 0 Å². The topological polar surface area (TPSA) is 53.6 Å². The molecule has 1 aromatic carbocycles. The van der Waals surface area contributed by atoms with Crippen LogP contribution in [-0.2, 0) is 9.53 Å². The molecule has 0 aliphatic carbocycles. The van der Waals surface area contributed by atoms with E-state index < -0.39 is 0 Å². The first kappa shape index (κ1) is 17.9. The summed E-state index contributed by atoms with van der Waals surface area (Å²) in [6.07, 6.45) is 0.151. The van der Waals surface area contributed by atoms with Gasteiger partial charge in [0.15, 0.2) is 0 Å². The Kier molecular flexibility index (Phi) is 6.57. The van der Waals surface area contributed by atoms with Gasteiger partial charge in [-0.25, -0.2) is 0 Å². The van der Waals surface area contributed by atoms with E-state index in [-0.39, 0.29) is 24.1 Å². The minimum atomic E-state index is -0.239. The lowest BCUT2D eigenvalue weighted by molar-refractivity contribution is -0.123. The number of morpholine rings is 1. The number of carbonyl (C=O) groups excluding carboxylic acids is 1. The van der Waals surface area contributed by atoms with Crippen LogP contribution in [0.25, 0.3) is 0 Å². The van der Waals surface area contributed by atoms with Gasteiger partial charge in [-0.1, -0.05) is 24.3 Å². The van der Waals surface area contributed by atoms with Gasteiger partial charge in [0.25, 0.3) is 0 Å². The number of rotatable bonds is 6. The van der Waals surface area contributed by atoms with Crippen molar-refractivity contribution < 1.29 is 9.53 Å². The Bertz CT molecular complexity index is 521. The number of hydrogen-bond donors (Lipinski definition) is 2. The second-order valence-corrected chi connectivity index (χ2v) is 6.47. The maximum atomic E-state index is 12.4. The van der Waals surface area contributed by atoms with Gasteiger partial charge in [-0.3, -0.25) is 4.79 Å². The van der Waals surface area contributed by atoms with Gasteiger partial charge in [-0.2, -0.15) is 0 Å². The van der Waals surface area contributed by atoms with E-state index in [1.165, 1.54) is 5.56 Å². The summed E-state index contributed by atoms with van der Waals surface area (Å²) in [5, 5.41) is 6.36. The molecule has 0 unspecified atom stereocenters. The quantitative estimate of drug-likeness (QED) is 0.834. The van der Waals surface area contributed by atoms with Gasteiger partial charge in [-0.15, -0.1) is 0 Å². The first-order chi connectivity index (χ1) is 11.0. The van der Waals surface area contributed by atoms with Crippen LogP contribution in [0.2, 0.25) is 0 Å². The van der Waals surface area contributed by atoms with Crippen LogP contribution in [0.5, 0.6) is 0 Å². The standard InChI is InChI=1S/C18H29N3O2/c1-13-7-5-6-8-17(13)14(2)20-18(22)15(3)19-11-16-12-21(4)9-10-23-16/h5-8,14-16,19H,9-12H2,1-4H3,(H,20,22)/t14-,15+,16-/m0/s1. The Morgan fingerprint density at radius 1 is 1.39 bits per heavy atom. The maximum absolute atomic E-state index is 12.4. The number of likely N-dealkylation sites (N-methyl/N-ethyl adjacent to an activating group) is 1. The van der Waals surface area contributed by atoms with Crippen LogP contribution in [-0.4, -0.2) is 56.2 Å². The molecule has 0 spiro atoms. The third kappa shape index (κ3) is 5.30. The molecule has 5 heteroatoms. The van der Waals surface area contributed by atoms with Crippen molar-refractivity contribution in [1.82, 2.24) is 15.5 Å². The minimum Gasteiger partial charge on any atom is -0.374 e. The highest BCUT2D eigenvalue weighted by Crippen LogP contribution is 2.16. The molecule has 2 N–H and O–H groups in total. The fourth-order valence-electron chi connectivity index (χ4n) is 2.88. The molecule has 1 saturated heterocycles. The summed E-state index contributed by atoms with van der Waals surface area (Å²) in [5.41, 5.74) is 2.35. The lowest BCUT2D eigenvalue weighted by atomic mass is 10.0. The molecule has 0 saturated carbocycles. The van der Waals surface area contributed by atoms with Crippen LogP contribution in [0, 0.1) is 6.92 Å². The Hall–Kier alpha value is -1.43. The Morgan fingerprint density at radius 2 is 2.13 bits per heavy atom. The zero-order chi connectivity index (χ0) is 16.8. The fourth-order valence-corrected chi connectivity index (χ4v) is 2.88. The van der Waals surface area contributed by atoms with E-state index in [0.717, 1.165) is 25.3 Å². The van der Waals surface area contributed by atoms with Gasteiger partial charge in [0.05, 0.1) is 24.8 Å². The van der Waals surface area contributed by atoms with Crippen LogP contribution in [0.1, 0.15) is 31.0 Å². The number of amides is 1. The van der Waals surface area contributed by atoms with Crippen molar-refractivity contribution >= 4 is 5.91 Å². The van der Waals surface area contributed by atoms with Crippen molar-refractivity contribution in [3.05, 3.63) is 35.4 Å². The number of nitrogens with zero attached hydrogens (tertiary/aromatic N) is 1. The Morgan fingerprint density at radius 3 is 2.83 bits per heavy atom. The number of nitrogens with one attached hydrogen (secondary N) is 2. The molecule has 5 nitrogen and oxygen atoms in total. The summed E-state index contributed by atoms with van der Waals surface area (Å²) >= 11 is 0. The van der Waals surface area contributed by atoms with Crippen molar-refractivity contribution in [3.8, 4) is 0 Å². The monoisotopic (exact) mass is 319 g/mol. The van der Waals surface area contributed by atoms with Gasteiger partial charge >= 0.3 is 0 Å². The van der Waals surface area contributed by atoms with Gasteiger partial charge in [0.2, 0.25) is 5.91 Å². The van der Waals surface area contributed by atoms with Gasteiger partial charge in [-0.05, 0) is 38.9 Å². The van der Waals surface area contributed by atoms with Crippen LogP contribution < -0.4 is 10.6 Å². The highest BCUT2D eigenvalue weighted by Gasteiger charge is 2.21. The van der Waals surface area contributed by atoms with Crippen molar-refractivity contribution in [2.24, 2.45) is 0 Å². The average molecular weight is 319 g/mol. The van der Waals surface area contributed by atoms with E-state index in [4.69, 9.17) is 4.74 Å². The van der Waals surface area contributed by atoms with Crippen LogP contribution in [0.15, 0.2) is 24.3 Å². The average Bonchev–Trinajstić information content (AvgIpc) is 2.53. The highest BCUT2D eigenvalue weighted by atomic mass is 16.5. The molecule has 1 aliphatic rings. The molecule has 1 fully saturated rings. The predicted octanol–water partition coefficient (Wildman–Crippen LogP) is 1.48. The molecule has 23 heavy (non-hydrogen) atoms. The molecular weight excluding hydrogens is 290 g/mol. The van der Waals surface area contributed by atoms with Gasteiger partial charge in [0.1, 0.15) is 0 Å². The number of aryl methyl sites for hydroxylation is 1. The molecule has 1 aliphatic heterocycles. The minimum absolute atomic E-state index is 0.00464. The van der Waals surface area contributed by atoms with Crippen LogP contribution in [0.3, 0.4) is 0 Å². The van der Waals surface area contributed by atoms with E-state index in [9.17, 15) is 4.79 Å². The molecular formula is C18H29N3O2. The first-order valence-electron chi connectivity index (χ1n) is 8.36. The SMILES string of the molecule is Cc1ccccc1[C@H](C)NC(=O)[C@@H](C)NC[C@H]1CN(C)CCO1. The molecule has 1 heterocycles. The lowest BCUT2D eigenvalue weighted by Crippen LogP contribution is -2.49. The van der Waals surface area contributed by atoms with E-state index in [2.05, 4.69) is 41.6 Å². The van der Waals surface area contributed by atoms with E-state index in [0.29, 0.717) is 6.54 Å². The molecule has 3 atom stereocenters. The van der Waals surface area contributed by atoms with Crippen molar-refractivity contribution in [3.63, 3.8) is 0 Å². The summed E-state index contributed by atoms with van der Waals surface area (Å²) in [5.74, 6) is 0.0184. The number of carbonyl (C=O) groups is 1. The molecule has 0 radical (unpaired) electrons. The molecule has 0 aromatic heterocycles.